The van der Waals surface area contributed by atoms with E-state index in [9.17, 15) is 9.90 Å². The average molecular weight is 482 g/mol. The molecule has 2 saturated heterocycles. The van der Waals surface area contributed by atoms with Gasteiger partial charge in [0.2, 0.25) is 0 Å². The van der Waals surface area contributed by atoms with Gasteiger partial charge in [-0.2, -0.15) is 0 Å². The van der Waals surface area contributed by atoms with E-state index in [0.29, 0.717) is 19.4 Å². The summed E-state index contributed by atoms with van der Waals surface area (Å²) >= 11 is 0. The van der Waals surface area contributed by atoms with Gasteiger partial charge in [-0.15, -0.1) is 0 Å². The van der Waals surface area contributed by atoms with E-state index in [2.05, 4.69) is 79.7 Å². The van der Waals surface area contributed by atoms with Crippen LogP contribution in [-0.4, -0.2) is 34.8 Å². The highest BCUT2D eigenvalue weighted by Crippen LogP contribution is 2.46. The number of nitrogens with zero attached hydrogens (tertiary/aromatic N) is 1. The van der Waals surface area contributed by atoms with E-state index in [0.717, 1.165) is 37.7 Å². The zero-order valence-electron chi connectivity index (χ0n) is 21.0. The quantitative estimate of drug-likeness (QED) is 0.436. The van der Waals surface area contributed by atoms with Crippen molar-refractivity contribution in [3.05, 3.63) is 95.1 Å². The Labute approximate surface area is 213 Å². The highest BCUT2D eigenvalue weighted by Gasteiger charge is 2.48. The fourth-order valence-corrected chi connectivity index (χ4v) is 6.90. The molecule has 0 aromatic heterocycles. The van der Waals surface area contributed by atoms with Crippen LogP contribution in [0, 0.1) is 0 Å². The first-order valence-electron chi connectivity index (χ1n) is 13.5. The van der Waals surface area contributed by atoms with Crippen molar-refractivity contribution >= 4 is 6.09 Å². The number of aryl methyl sites for hydroxylation is 1. The van der Waals surface area contributed by atoms with Crippen molar-refractivity contribution in [2.75, 3.05) is 6.61 Å². The molecule has 3 aromatic rings. The number of hydrogen-bond acceptors (Lipinski definition) is 3. The van der Waals surface area contributed by atoms with Crippen LogP contribution in [0.25, 0.3) is 11.1 Å². The minimum atomic E-state index is -0.888. The first kappa shape index (κ1) is 23.3. The lowest BCUT2D eigenvalue weighted by molar-refractivity contribution is -0.0891. The molecule has 3 aromatic carbocycles. The molecular formula is C32H35NO3. The molecule has 2 heterocycles. The first-order chi connectivity index (χ1) is 17.6. The van der Waals surface area contributed by atoms with E-state index in [-0.39, 0.29) is 24.1 Å². The summed E-state index contributed by atoms with van der Waals surface area (Å²) in [5.41, 5.74) is 6.32. The Balaban J connectivity index is 1.18. The number of piperidine rings is 2. The van der Waals surface area contributed by atoms with Gasteiger partial charge >= 0.3 is 6.09 Å². The molecule has 2 atom stereocenters. The number of aliphatic hydroxyl groups is 1. The summed E-state index contributed by atoms with van der Waals surface area (Å²) in [6.07, 6.45) is 6.00. The molecule has 0 radical (unpaired) electrons. The minimum absolute atomic E-state index is 0.00784. The van der Waals surface area contributed by atoms with Gasteiger partial charge in [0.15, 0.2) is 0 Å². The third-order valence-electron chi connectivity index (χ3n) is 8.58. The molecule has 2 bridgehead atoms. The predicted octanol–water partition coefficient (Wildman–Crippen LogP) is 6.79. The lowest BCUT2D eigenvalue weighted by Crippen LogP contribution is -2.59. The van der Waals surface area contributed by atoms with Gasteiger partial charge in [0.1, 0.15) is 6.61 Å². The number of carbonyl (C=O) groups excluding carboxylic acids is 1. The van der Waals surface area contributed by atoms with Gasteiger partial charge in [-0.1, -0.05) is 86.1 Å². The van der Waals surface area contributed by atoms with Gasteiger partial charge in [-0.3, -0.25) is 0 Å². The summed E-state index contributed by atoms with van der Waals surface area (Å²) in [6.45, 7) is 2.52. The average Bonchev–Trinajstić information content (AvgIpc) is 3.21. The second-order valence-corrected chi connectivity index (χ2v) is 10.8. The molecule has 1 aliphatic carbocycles. The Morgan fingerprint density at radius 1 is 0.917 bits per heavy atom. The third kappa shape index (κ3) is 4.02. The maximum Gasteiger partial charge on any atom is 0.410 e. The molecule has 2 unspecified atom stereocenters. The van der Waals surface area contributed by atoms with Crippen LogP contribution in [0.2, 0.25) is 0 Å². The van der Waals surface area contributed by atoms with Crippen molar-refractivity contribution in [3.8, 4) is 11.1 Å². The highest BCUT2D eigenvalue weighted by atomic mass is 16.6. The van der Waals surface area contributed by atoms with Crippen molar-refractivity contribution in [1.82, 2.24) is 4.90 Å². The monoisotopic (exact) mass is 481 g/mol. The van der Waals surface area contributed by atoms with Crippen LogP contribution in [0.4, 0.5) is 4.79 Å². The van der Waals surface area contributed by atoms with Crippen LogP contribution in [0.5, 0.6) is 0 Å². The van der Waals surface area contributed by atoms with Crippen LogP contribution in [0.15, 0.2) is 72.8 Å². The van der Waals surface area contributed by atoms with E-state index in [1.807, 2.05) is 4.90 Å². The summed E-state index contributed by atoms with van der Waals surface area (Å²) in [5, 5.41) is 11.7. The van der Waals surface area contributed by atoms with E-state index in [4.69, 9.17) is 4.74 Å². The van der Waals surface area contributed by atoms with E-state index < -0.39 is 5.60 Å². The molecule has 1 N–H and O–H groups in total. The fraction of sp³-hybridized carbons (Fsp3) is 0.406. The molecule has 186 valence electrons. The van der Waals surface area contributed by atoms with E-state index >= 15 is 0 Å². The minimum Gasteiger partial charge on any atom is -0.448 e. The SMILES string of the molecule is CCCc1ccc(C2(O)CC3CCCC(C2)N3C(=O)OCC2c3ccccc3-c3ccccc32)cc1. The van der Waals surface area contributed by atoms with Crippen molar-refractivity contribution < 1.29 is 14.6 Å². The second kappa shape index (κ2) is 9.40. The maximum atomic E-state index is 13.5. The molecule has 1 amide bonds. The Morgan fingerprint density at radius 3 is 2.08 bits per heavy atom. The van der Waals surface area contributed by atoms with Crippen molar-refractivity contribution in [3.63, 3.8) is 0 Å². The zero-order valence-corrected chi connectivity index (χ0v) is 21.0. The Bertz CT molecular complexity index is 1190. The number of amides is 1. The number of hydrogen-bond donors (Lipinski definition) is 1. The maximum absolute atomic E-state index is 13.5. The predicted molar refractivity (Wildman–Crippen MR) is 142 cm³/mol. The molecule has 2 aliphatic heterocycles. The molecule has 2 fully saturated rings. The summed E-state index contributed by atoms with van der Waals surface area (Å²) < 4.78 is 6.04. The number of ether oxygens (including phenoxy) is 1. The number of carbonyl (C=O) groups is 1. The number of benzene rings is 3. The number of rotatable bonds is 5. The Hall–Kier alpha value is -3.11. The molecular weight excluding hydrogens is 446 g/mol. The van der Waals surface area contributed by atoms with Crippen LogP contribution >= 0.6 is 0 Å². The van der Waals surface area contributed by atoms with Gasteiger partial charge in [0.05, 0.1) is 5.60 Å². The standard InChI is InChI=1S/C32H35NO3/c1-2-8-22-15-17-23(18-16-22)32(35)19-24-9-7-10-25(20-32)33(24)31(34)36-21-30-28-13-5-3-11-26(28)27-12-4-6-14-29(27)30/h3-6,11-18,24-25,30,35H,2,7-10,19-21H2,1H3. The summed E-state index contributed by atoms with van der Waals surface area (Å²) in [6, 6.07) is 25.3. The fourth-order valence-electron chi connectivity index (χ4n) is 6.90. The first-order valence-corrected chi connectivity index (χ1v) is 13.5. The molecule has 4 nitrogen and oxygen atoms in total. The molecule has 6 rings (SSSR count). The van der Waals surface area contributed by atoms with Gasteiger partial charge in [0, 0.05) is 30.8 Å². The molecule has 3 aliphatic rings. The van der Waals surface area contributed by atoms with Crippen LogP contribution in [-0.2, 0) is 16.8 Å². The van der Waals surface area contributed by atoms with Gasteiger partial charge in [-0.05, 0) is 59.1 Å². The lowest BCUT2D eigenvalue weighted by atomic mass is 9.72. The number of fused-ring (bicyclic) bond motifs is 5. The summed E-state index contributed by atoms with van der Waals surface area (Å²) in [4.78, 5) is 15.4. The normalized spacial score (nSPS) is 24.8. The highest BCUT2D eigenvalue weighted by molar-refractivity contribution is 5.79. The largest absolute Gasteiger partial charge is 0.448 e. The topological polar surface area (TPSA) is 49.8 Å². The van der Waals surface area contributed by atoms with Crippen molar-refractivity contribution in [2.24, 2.45) is 0 Å². The van der Waals surface area contributed by atoms with Gasteiger partial charge in [0.25, 0.3) is 0 Å². The van der Waals surface area contributed by atoms with Crippen molar-refractivity contribution in [2.45, 2.75) is 75.5 Å². The molecule has 36 heavy (non-hydrogen) atoms. The zero-order chi connectivity index (χ0) is 24.7. The van der Waals surface area contributed by atoms with Gasteiger partial charge < -0.3 is 14.7 Å². The summed E-state index contributed by atoms with van der Waals surface area (Å²) in [5.74, 6) is 0.0598. The summed E-state index contributed by atoms with van der Waals surface area (Å²) in [7, 11) is 0. The van der Waals surface area contributed by atoms with E-state index in [1.165, 1.54) is 27.8 Å². The Kier molecular flexibility index (Phi) is 6.08. The van der Waals surface area contributed by atoms with Crippen molar-refractivity contribution in [1.29, 1.82) is 0 Å². The van der Waals surface area contributed by atoms with E-state index in [1.54, 1.807) is 0 Å². The smallest absolute Gasteiger partial charge is 0.410 e. The van der Waals surface area contributed by atoms with Gasteiger partial charge in [-0.25, -0.2) is 4.79 Å². The third-order valence-corrected chi connectivity index (χ3v) is 8.58. The lowest BCUT2D eigenvalue weighted by Gasteiger charge is -2.51. The van der Waals surface area contributed by atoms with Crippen LogP contribution in [0.3, 0.4) is 0 Å². The Morgan fingerprint density at radius 2 is 1.50 bits per heavy atom. The van der Waals surface area contributed by atoms with Crippen LogP contribution < -0.4 is 0 Å². The molecule has 0 spiro atoms. The van der Waals surface area contributed by atoms with Crippen LogP contribution in [0.1, 0.15) is 73.6 Å². The molecule has 4 heteroatoms. The second-order valence-electron chi connectivity index (χ2n) is 10.8. The molecule has 0 saturated carbocycles.